The van der Waals surface area contributed by atoms with Gasteiger partial charge in [0.15, 0.2) is 0 Å². The maximum absolute atomic E-state index is 12.0. The van der Waals surface area contributed by atoms with E-state index in [1.54, 1.807) is 18.1 Å². The number of hydrogen-bond donors (Lipinski definition) is 1. The monoisotopic (exact) mass is 227 g/mol. The van der Waals surface area contributed by atoms with Crippen molar-refractivity contribution in [2.75, 3.05) is 26.8 Å². The highest BCUT2D eigenvalue weighted by atomic mass is 16.5. The highest BCUT2D eigenvalue weighted by Crippen LogP contribution is 2.38. The molecule has 0 aromatic carbocycles. The number of aliphatic hydroxyl groups is 1. The summed E-state index contributed by atoms with van der Waals surface area (Å²) in [5, 5.41) is 8.88. The van der Waals surface area contributed by atoms with E-state index in [0.29, 0.717) is 19.5 Å². The maximum Gasteiger partial charge on any atom is 0.225 e. The summed E-state index contributed by atoms with van der Waals surface area (Å²) in [6, 6.07) is 0. The van der Waals surface area contributed by atoms with Crippen LogP contribution in [0.25, 0.3) is 0 Å². The van der Waals surface area contributed by atoms with Crippen molar-refractivity contribution in [3.8, 4) is 0 Å². The summed E-state index contributed by atoms with van der Waals surface area (Å²) >= 11 is 0. The Morgan fingerprint density at radius 1 is 1.62 bits per heavy atom. The standard InChI is InChI=1S/C12H21NO3/c1-3-7-13(8-9-14)11(15)10-12(16-2)5-4-6-12/h3,14H,1,4-10H2,2H3. The lowest BCUT2D eigenvalue weighted by molar-refractivity contribution is -0.144. The number of ether oxygens (including phenoxy) is 1. The molecule has 1 aliphatic carbocycles. The van der Waals surface area contributed by atoms with Crippen LogP contribution < -0.4 is 0 Å². The molecule has 1 aliphatic rings. The summed E-state index contributed by atoms with van der Waals surface area (Å²) < 4.78 is 5.42. The number of carbonyl (C=O) groups excluding carboxylic acids is 1. The van der Waals surface area contributed by atoms with Gasteiger partial charge >= 0.3 is 0 Å². The van der Waals surface area contributed by atoms with Crippen molar-refractivity contribution in [3.63, 3.8) is 0 Å². The van der Waals surface area contributed by atoms with E-state index in [0.717, 1.165) is 19.3 Å². The van der Waals surface area contributed by atoms with Crippen LogP contribution in [0.1, 0.15) is 25.7 Å². The summed E-state index contributed by atoms with van der Waals surface area (Å²) in [5.41, 5.74) is -0.244. The van der Waals surface area contributed by atoms with Gasteiger partial charge in [0.25, 0.3) is 0 Å². The van der Waals surface area contributed by atoms with Gasteiger partial charge in [0.2, 0.25) is 5.91 Å². The van der Waals surface area contributed by atoms with Gasteiger partial charge in [0.1, 0.15) is 0 Å². The van der Waals surface area contributed by atoms with Crippen molar-refractivity contribution in [2.45, 2.75) is 31.3 Å². The number of amides is 1. The fraction of sp³-hybridized carbons (Fsp3) is 0.750. The average Bonchev–Trinajstić information content (AvgIpc) is 2.23. The van der Waals surface area contributed by atoms with E-state index < -0.39 is 0 Å². The first-order chi connectivity index (χ1) is 7.67. The highest BCUT2D eigenvalue weighted by molar-refractivity contribution is 5.77. The second-order valence-electron chi connectivity index (χ2n) is 4.27. The van der Waals surface area contributed by atoms with Crippen molar-refractivity contribution in [2.24, 2.45) is 0 Å². The van der Waals surface area contributed by atoms with Gasteiger partial charge in [0, 0.05) is 20.2 Å². The van der Waals surface area contributed by atoms with Gasteiger partial charge in [-0.1, -0.05) is 6.08 Å². The first-order valence-electron chi connectivity index (χ1n) is 5.72. The summed E-state index contributed by atoms with van der Waals surface area (Å²) in [5.74, 6) is 0.0375. The molecule has 0 saturated heterocycles. The zero-order chi connectivity index (χ0) is 12.0. The third-order valence-electron chi connectivity index (χ3n) is 3.24. The SMILES string of the molecule is C=CCN(CCO)C(=O)CC1(OC)CCC1. The molecule has 0 aliphatic heterocycles. The van der Waals surface area contributed by atoms with Crippen molar-refractivity contribution in [1.82, 2.24) is 4.90 Å². The fourth-order valence-electron chi connectivity index (χ4n) is 2.01. The van der Waals surface area contributed by atoms with E-state index in [1.165, 1.54) is 0 Å². The van der Waals surface area contributed by atoms with Crippen LogP contribution in [-0.4, -0.2) is 48.3 Å². The predicted molar refractivity (Wildman–Crippen MR) is 62.1 cm³/mol. The van der Waals surface area contributed by atoms with Gasteiger partial charge in [-0.25, -0.2) is 0 Å². The van der Waals surface area contributed by atoms with E-state index in [2.05, 4.69) is 6.58 Å². The molecule has 0 heterocycles. The Labute approximate surface area is 96.9 Å². The Bertz CT molecular complexity index is 243. The van der Waals surface area contributed by atoms with E-state index in [1.807, 2.05) is 0 Å². The molecule has 92 valence electrons. The molecule has 0 aromatic rings. The van der Waals surface area contributed by atoms with Crippen LogP contribution >= 0.6 is 0 Å². The number of rotatable bonds is 7. The van der Waals surface area contributed by atoms with E-state index in [4.69, 9.17) is 9.84 Å². The van der Waals surface area contributed by atoms with Gasteiger partial charge in [-0.3, -0.25) is 4.79 Å². The first-order valence-corrected chi connectivity index (χ1v) is 5.72. The Balaban J connectivity index is 2.50. The minimum atomic E-state index is -0.244. The number of carbonyl (C=O) groups is 1. The van der Waals surface area contributed by atoms with Crippen LogP contribution in [0, 0.1) is 0 Å². The predicted octanol–water partition coefficient (Wildman–Crippen LogP) is 0.952. The molecule has 0 bridgehead atoms. The quantitative estimate of drug-likeness (QED) is 0.659. The minimum absolute atomic E-state index is 0.0143. The van der Waals surface area contributed by atoms with Crippen molar-refractivity contribution >= 4 is 5.91 Å². The van der Waals surface area contributed by atoms with Gasteiger partial charge in [-0.2, -0.15) is 0 Å². The Morgan fingerprint density at radius 2 is 2.31 bits per heavy atom. The molecule has 1 saturated carbocycles. The van der Waals surface area contributed by atoms with Crippen LogP contribution in [0.2, 0.25) is 0 Å². The lowest BCUT2D eigenvalue weighted by atomic mass is 9.77. The van der Waals surface area contributed by atoms with Gasteiger partial charge in [-0.15, -0.1) is 6.58 Å². The fourth-order valence-corrected chi connectivity index (χ4v) is 2.01. The molecule has 1 fully saturated rings. The third-order valence-corrected chi connectivity index (χ3v) is 3.24. The highest BCUT2D eigenvalue weighted by Gasteiger charge is 2.39. The van der Waals surface area contributed by atoms with Gasteiger partial charge in [-0.05, 0) is 19.3 Å². The van der Waals surface area contributed by atoms with Crippen LogP contribution in [0.15, 0.2) is 12.7 Å². The van der Waals surface area contributed by atoms with E-state index in [-0.39, 0.29) is 18.1 Å². The zero-order valence-corrected chi connectivity index (χ0v) is 9.95. The van der Waals surface area contributed by atoms with Gasteiger partial charge < -0.3 is 14.7 Å². The number of nitrogens with zero attached hydrogens (tertiary/aromatic N) is 1. The molecule has 0 radical (unpaired) electrons. The Morgan fingerprint density at radius 3 is 2.69 bits per heavy atom. The van der Waals surface area contributed by atoms with Crippen LogP contribution in [0.3, 0.4) is 0 Å². The molecule has 16 heavy (non-hydrogen) atoms. The van der Waals surface area contributed by atoms with Crippen LogP contribution in [0.4, 0.5) is 0 Å². The lowest BCUT2D eigenvalue weighted by Crippen LogP contribution is -2.45. The lowest BCUT2D eigenvalue weighted by Gasteiger charge is -2.41. The Kier molecular flexibility index (Phi) is 4.96. The largest absolute Gasteiger partial charge is 0.395 e. The number of aliphatic hydroxyl groups excluding tert-OH is 1. The van der Waals surface area contributed by atoms with Crippen LogP contribution in [0.5, 0.6) is 0 Å². The van der Waals surface area contributed by atoms with Gasteiger partial charge in [0.05, 0.1) is 18.6 Å². The molecular weight excluding hydrogens is 206 g/mol. The van der Waals surface area contributed by atoms with Crippen molar-refractivity contribution in [3.05, 3.63) is 12.7 Å². The third kappa shape index (κ3) is 3.06. The first kappa shape index (κ1) is 13.2. The smallest absolute Gasteiger partial charge is 0.225 e. The topological polar surface area (TPSA) is 49.8 Å². The molecule has 0 unspecified atom stereocenters. The molecule has 1 N–H and O–H groups in total. The Hall–Kier alpha value is -0.870. The molecular formula is C12H21NO3. The van der Waals surface area contributed by atoms with Crippen molar-refractivity contribution < 1.29 is 14.6 Å². The van der Waals surface area contributed by atoms with E-state index in [9.17, 15) is 4.79 Å². The molecule has 0 aromatic heterocycles. The average molecular weight is 227 g/mol. The summed E-state index contributed by atoms with van der Waals surface area (Å²) in [7, 11) is 1.66. The summed E-state index contributed by atoms with van der Waals surface area (Å²) in [6.07, 6.45) is 5.13. The molecule has 4 heteroatoms. The molecule has 0 spiro atoms. The zero-order valence-electron chi connectivity index (χ0n) is 9.95. The second kappa shape index (κ2) is 6.01. The number of hydrogen-bond acceptors (Lipinski definition) is 3. The molecule has 1 amide bonds. The molecule has 0 atom stereocenters. The molecule has 1 rings (SSSR count). The van der Waals surface area contributed by atoms with Crippen molar-refractivity contribution in [1.29, 1.82) is 0 Å². The van der Waals surface area contributed by atoms with E-state index >= 15 is 0 Å². The molecule has 4 nitrogen and oxygen atoms in total. The number of methoxy groups -OCH3 is 1. The normalized spacial score (nSPS) is 17.6. The van der Waals surface area contributed by atoms with Crippen LogP contribution in [-0.2, 0) is 9.53 Å². The summed E-state index contributed by atoms with van der Waals surface area (Å²) in [6.45, 7) is 4.45. The second-order valence-corrected chi connectivity index (χ2v) is 4.27. The summed E-state index contributed by atoms with van der Waals surface area (Å²) in [4.78, 5) is 13.6. The minimum Gasteiger partial charge on any atom is -0.395 e. The maximum atomic E-state index is 12.0.